The Hall–Kier alpha value is -2.69. The maximum atomic E-state index is 12.5. The zero-order chi connectivity index (χ0) is 17.2. The van der Waals surface area contributed by atoms with Gasteiger partial charge in [0.05, 0.1) is 5.56 Å². The first-order chi connectivity index (χ1) is 11.4. The fourth-order valence-corrected chi connectivity index (χ4v) is 2.66. The molecule has 3 rings (SSSR count). The van der Waals surface area contributed by atoms with E-state index < -0.39 is 11.7 Å². The van der Waals surface area contributed by atoms with Crippen LogP contribution in [0, 0.1) is 0 Å². The van der Waals surface area contributed by atoms with Gasteiger partial charge in [-0.2, -0.15) is 13.2 Å². The first-order valence-electron chi connectivity index (χ1n) is 7.43. The van der Waals surface area contributed by atoms with Crippen LogP contribution in [0.2, 0.25) is 0 Å². The quantitative estimate of drug-likeness (QED) is 0.700. The maximum absolute atomic E-state index is 12.5. The minimum Gasteiger partial charge on any atom is -0.299 e. The van der Waals surface area contributed by atoms with E-state index in [2.05, 4.69) is 4.98 Å². The van der Waals surface area contributed by atoms with Gasteiger partial charge in [0, 0.05) is 30.6 Å². The van der Waals surface area contributed by atoms with E-state index >= 15 is 0 Å². The summed E-state index contributed by atoms with van der Waals surface area (Å²) in [5.74, 6) is -0.0425. The van der Waals surface area contributed by atoms with Gasteiger partial charge in [-0.05, 0) is 34.7 Å². The van der Waals surface area contributed by atoms with E-state index in [0.29, 0.717) is 5.56 Å². The number of nitrogens with zero attached hydrogens (tertiary/aromatic N) is 1. The molecule has 0 aliphatic carbocycles. The Labute approximate surface area is 137 Å². The molecule has 0 spiro atoms. The summed E-state index contributed by atoms with van der Waals surface area (Å²) in [5, 5.41) is 1.92. The Kier molecular flexibility index (Phi) is 4.34. The molecule has 0 atom stereocenters. The molecule has 2 nitrogen and oxygen atoms in total. The van der Waals surface area contributed by atoms with E-state index in [0.717, 1.165) is 28.5 Å². The number of halogens is 3. The normalized spacial score (nSPS) is 11.6. The minimum absolute atomic E-state index is 0.0425. The molecule has 1 aromatic heterocycles. The van der Waals surface area contributed by atoms with Crippen LogP contribution >= 0.6 is 0 Å². The van der Waals surface area contributed by atoms with Crippen LogP contribution in [-0.4, -0.2) is 10.8 Å². The van der Waals surface area contributed by atoms with Crippen LogP contribution in [0.25, 0.3) is 10.8 Å². The van der Waals surface area contributed by atoms with E-state index in [9.17, 15) is 18.0 Å². The number of aromatic nitrogens is 1. The van der Waals surface area contributed by atoms with Crippen molar-refractivity contribution in [2.75, 3.05) is 0 Å². The Morgan fingerprint density at radius 3 is 2.42 bits per heavy atom. The predicted octanol–water partition coefficient (Wildman–Crippen LogP) is 4.61. The van der Waals surface area contributed by atoms with E-state index in [4.69, 9.17) is 0 Å². The van der Waals surface area contributed by atoms with E-state index in [1.807, 2.05) is 24.3 Å². The molecule has 122 valence electrons. The maximum Gasteiger partial charge on any atom is 0.416 e. The van der Waals surface area contributed by atoms with Gasteiger partial charge in [0.2, 0.25) is 0 Å². The number of hydrogen-bond acceptors (Lipinski definition) is 2. The molecule has 5 heteroatoms. The van der Waals surface area contributed by atoms with E-state index in [1.54, 1.807) is 12.4 Å². The molecule has 0 aliphatic rings. The second-order valence-corrected chi connectivity index (χ2v) is 5.60. The second-order valence-electron chi connectivity index (χ2n) is 5.60. The van der Waals surface area contributed by atoms with Crippen LogP contribution in [0.4, 0.5) is 13.2 Å². The Bertz CT molecular complexity index is 864. The first-order valence-corrected chi connectivity index (χ1v) is 7.43. The molecule has 0 bridgehead atoms. The fraction of sp³-hybridized carbons (Fsp3) is 0.158. The van der Waals surface area contributed by atoms with Gasteiger partial charge in [-0.25, -0.2) is 0 Å². The largest absolute Gasteiger partial charge is 0.416 e. The fourth-order valence-electron chi connectivity index (χ4n) is 2.66. The summed E-state index contributed by atoms with van der Waals surface area (Å²) in [5.41, 5.74) is 0.766. The smallest absolute Gasteiger partial charge is 0.299 e. The lowest BCUT2D eigenvalue weighted by Gasteiger charge is -2.08. The number of alkyl halides is 3. The van der Waals surface area contributed by atoms with Crippen LogP contribution in [0.5, 0.6) is 0 Å². The molecule has 0 saturated heterocycles. The number of pyridine rings is 1. The third kappa shape index (κ3) is 3.62. The molecule has 0 radical (unpaired) electrons. The monoisotopic (exact) mass is 329 g/mol. The molecule has 0 saturated carbocycles. The summed E-state index contributed by atoms with van der Waals surface area (Å²) in [6.45, 7) is 0. The molecule has 2 aromatic carbocycles. The van der Waals surface area contributed by atoms with E-state index in [1.165, 1.54) is 12.1 Å². The van der Waals surface area contributed by atoms with Gasteiger partial charge in [0.15, 0.2) is 0 Å². The molecule has 0 N–H and O–H groups in total. The van der Waals surface area contributed by atoms with Crippen molar-refractivity contribution >= 4 is 16.6 Å². The summed E-state index contributed by atoms with van der Waals surface area (Å²) in [7, 11) is 0. The van der Waals surface area contributed by atoms with Gasteiger partial charge in [-0.3, -0.25) is 9.78 Å². The lowest BCUT2D eigenvalue weighted by molar-refractivity contribution is -0.137. The summed E-state index contributed by atoms with van der Waals surface area (Å²) < 4.78 is 37.6. The molecular weight excluding hydrogens is 315 g/mol. The molecule has 0 amide bonds. The lowest BCUT2D eigenvalue weighted by Crippen LogP contribution is -2.08. The van der Waals surface area contributed by atoms with Crippen molar-refractivity contribution in [2.24, 2.45) is 0 Å². The summed E-state index contributed by atoms with van der Waals surface area (Å²) in [6.07, 6.45) is -0.604. The van der Waals surface area contributed by atoms with Crippen molar-refractivity contribution in [3.8, 4) is 0 Å². The molecule has 1 heterocycles. The van der Waals surface area contributed by atoms with Crippen LogP contribution in [-0.2, 0) is 23.8 Å². The lowest BCUT2D eigenvalue weighted by atomic mass is 9.98. The van der Waals surface area contributed by atoms with Gasteiger partial charge < -0.3 is 0 Å². The highest BCUT2D eigenvalue weighted by Gasteiger charge is 2.29. The van der Waals surface area contributed by atoms with Crippen molar-refractivity contribution in [1.82, 2.24) is 4.98 Å². The number of hydrogen-bond donors (Lipinski definition) is 0. The number of Topliss-reactive ketones (excluding diaryl/α,β-unsaturated/α-hetero) is 1. The van der Waals surface area contributed by atoms with Crippen LogP contribution < -0.4 is 0 Å². The first kappa shape index (κ1) is 16.2. The number of rotatable bonds is 4. The predicted molar refractivity (Wildman–Crippen MR) is 85.6 cm³/mol. The van der Waals surface area contributed by atoms with Crippen molar-refractivity contribution in [2.45, 2.75) is 19.0 Å². The Morgan fingerprint density at radius 2 is 1.71 bits per heavy atom. The molecule has 0 aliphatic heterocycles. The molecule has 24 heavy (non-hydrogen) atoms. The third-order valence-corrected chi connectivity index (χ3v) is 3.84. The van der Waals surface area contributed by atoms with Crippen LogP contribution in [0.15, 0.2) is 60.9 Å². The highest BCUT2D eigenvalue weighted by atomic mass is 19.4. The average Bonchev–Trinajstić information content (AvgIpc) is 2.55. The summed E-state index contributed by atoms with van der Waals surface area (Å²) >= 11 is 0. The van der Waals surface area contributed by atoms with Gasteiger partial charge in [0.25, 0.3) is 0 Å². The van der Waals surface area contributed by atoms with Crippen molar-refractivity contribution in [3.63, 3.8) is 0 Å². The Balaban J connectivity index is 1.73. The summed E-state index contributed by atoms with van der Waals surface area (Å²) in [4.78, 5) is 16.3. The average molecular weight is 329 g/mol. The standard InChI is InChI=1S/C19H14F3NO/c20-19(21,22)16-6-4-13(5-7-16)10-17(24)11-14-2-1-3-15-12-23-9-8-18(14)15/h1-9,12H,10-11H2. The van der Waals surface area contributed by atoms with Gasteiger partial charge >= 0.3 is 6.18 Å². The second kappa shape index (κ2) is 6.43. The van der Waals surface area contributed by atoms with Crippen LogP contribution in [0.3, 0.4) is 0 Å². The van der Waals surface area contributed by atoms with E-state index in [-0.39, 0.29) is 18.6 Å². The van der Waals surface area contributed by atoms with Crippen molar-refractivity contribution in [1.29, 1.82) is 0 Å². The third-order valence-electron chi connectivity index (χ3n) is 3.84. The zero-order valence-corrected chi connectivity index (χ0v) is 12.7. The molecule has 0 unspecified atom stereocenters. The van der Waals surface area contributed by atoms with Gasteiger partial charge in [-0.1, -0.05) is 30.3 Å². The van der Waals surface area contributed by atoms with Crippen molar-refractivity contribution < 1.29 is 18.0 Å². The summed E-state index contributed by atoms with van der Waals surface area (Å²) in [6, 6.07) is 12.2. The van der Waals surface area contributed by atoms with Crippen molar-refractivity contribution in [3.05, 3.63) is 77.6 Å². The molecule has 3 aromatic rings. The highest BCUT2D eigenvalue weighted by molar-refractivity contribution is 5.91. The topological polar surface area (TPSA) is 30.0 Å². The number of ketones is 1. The SMILES string of the molecule is O=C(Cc1ccc(C(F)(F)F)cc1)Cc1cccc2cnccc12. The minimum atomic E-state index is -4.36. The van der Waals surface area contributed by atoms with Gasteiger partial charge in [0.1, 0.15) is 5.78 Å². The molecule has 0 fully saturated rings. The Morgan fingerprint density at radius 1 is 0.958 bits per heavy atom. The number of carbonyl (C=O) groups excluding carboxylic acids is 1. The number of carbonyl (C=O) groups is 1. The number of benzene rings is 2. The zero-order valence-electron chi connectivity index (χ0n) is 12.7. The van der Waals surface area contributed by atoms with Crippen LogP contribution in [0.1, 0.15) is 16.7 Å². The number of fused-ring (bicyclic) bond motifs is 1. The highest BCUT2D eigenvalue weighted by Crippen LogP contribution is 2.29. The molecular formula is C19H14F3NO. The van der Waals surface area contributed by atoms with Gasteiger partial charge in [-0.15, -0.1) is 0 Å².